The Morgan fingerprint density at radius 3 is 2.90 bits per heavy atom. The van der Waals surface area contributed by atoms with Crippen LogP contribution in [0.2, 0.25) is 0 Å². The van der Waals surface area contributed by atoms with Crippen molar-refractivity contribution in [2.75, 3.05) is 19.8 Å². The molecule has 0 radical (unpaired) electrons. The Balaban J connectivity index is 2.15. The van der Waals surface area contributed by atoms with Gasteiger partial charge in [-0.3, -0.25) is 4.98 Å². The molecule has 2 aromatic rings. The van der Waals surface area contributed by atoms with Gasteiger partial charge in [-0.05, 0) is 25.3 Å². The predicted octanol–water partition coefficient (Wildman–Crippen LogP) is 1.85. The van der Waals surface area contributed by atoms with Gasteiger partial charge in [-0.2, -0.15) is 0 Å². The molecule has 3 heterocycles. The molecular weight excluding hydrogens is 252 g/mol. The summed E-state index contributed by atoms with van der Waals surface area (Å²) in [6.45, 7) is 5.32. The number of nitrogens with zero attached hydrogens (tertiary/aromatic N) is 3. The van der Waals surface area contributed by atoms with Crippen LogP contribution in [0.3, 0.4) is 0 Å². The average molecular weight is 274 g/mol. The molecule has 0 atom stereocenters. The van der Waals surface area contributed by atoms with Gasteiger partial charge in [0.15, 0.2) is 0 Å². The molecule has 0 aromatic carbocycles. The van der Waals surface area contributed by atoms with Crippen molar-refractivity contribution < 1.29 is 4.74 Å². The van der Waals surface area contributed by atoms with Gasteiger partial charge in [-0.1, -0.05) is 6.92 Å². The van der Waals surface area contributed by atoms with Crippen molar-refractivity contribution in [3.05, 3.63) is 24.3 Å². The Kier molecular flexibility index (Phi) is 3.72. The third-order valence-electron chi connectivity index (χ3n) is 4.31. The van der Waals surface area contributed by atoms with Crippen molar-refractivity contribution in [3.63, 3.8) is 0 Å². The number of aromatic nitrogens is 3. The van der Waals surface area contributed by atoms with Crippen LogP contribution < -0.4 is 5.73 Å². The lowest BCUT2D eigenvalue weighted by Gasteiger charge is -2.35. The van der Waals surface area contributed by atoms with Crippen LogP contribution >= 0.6 is 0 Å². The van der Waals surface area contributed by atoms with Crippen LogP contribution in [0, 0.1) is 0 Å². The highest BCUT2D eigenvalue weighted by Gasteiger charge is 2.37. The van der Waals surface area contributed by atoms with E-state index in [1.54, 1.807) is 0 Å². The first kappa shape index (κ1) is 13.5. The SMILES string of the molecule is CCCn1c(C2(CN)CCOCC2)nc2cnccc21. The number of nitrogens with two attached hydrogens (primary N) is 1. The fourth-order valence-corrected chi connectivity index (χ4v) is 3.12. The summed E-state index contributed by atoms with van der Waals surface area (Å²) >= 11 is 0. The second kappa shape index (κ2) is 5.50. The molecule has 1 saturated heterocycles. The van der Waals surface area contributed by atoms with Gasteiger partial charge >= 0.3 is 0 Å². The zero-order chi connectivity index (χ0) is 14.0. The molecule has 0 saturated carbocycles. The van der Waals surface area contributed by atoms with E-state index in [1.165, 1.54) is 0 Å². The monoisotopic (exact) mass is 274 g/mol. The van der Waals surface area contributed by atoms with E-state index in [9.17, 15) is 0 Å². The lowest BCUT2D eigenvalue weighted by atomic mass is 9.79. The van der Waals surface area contributed by atoms with Gasteiger partial charge in [-0.25, -0.2) is 4.98 Å². The molecule has 1 fully saturated rings. The molecule has 0 spiro atoms. The van der Waals surface area contributed by atoms with Gasteiger partial charge in [0.25, 0.3) is 0 Å². The Bertz CT molecular complexity index is 587. The number of ether oxygens (including phenoxy) is 1. The first-order chi connectivity index (χ1) is 9.80. The Hall–Kier alpha value is -1.46. The van der Waals surface area contributed by atoms with Crippen molar-refractivity contribution in [2.45, 2.75) is 38.1 Å². The number of aryl methyl sites for hydroxylation is 1. The summed E-state index contributed by atoms with van der Waals surface area (Å²) in [4.78, 5) is 9.05. The van der Waals surface area contributed by atoms with E-state index in [-0.39, 0.29) is 5.41 Å². The first-order valence-electron chi connectivity index (χ1n) is 7.39. The van der Waals surface area contributed by atoms with Crippen LogP contribution in [0.5, 0.6) is 0 Å². The van der Waals surface area contributed by atoms with E-state index in [2.05, 4.69) is 16.5 Å². The summed E-state index contributed by atoms with van der Waals surface area (Å²) in [5, 5.41) is 0. The molecule has 0 aliphatic carbocycles. The average Bonchev–Trinajstić information content (AvgIpc) is 2.88. The van der Waals surface area contributed by atoms with Crippen LogP contribution in [0.25, 0.3) is 11.0 Å². The maximum atomic E-state index is 6.13. The van der Waals surface area contributed by atoms with Gasteiger partial charge < -0.3 is 15.0 Å². The van der Waals surface area contributed by atoms with Gasteiger partial charge in [-0.15, -0.1) is 0 Å². The van der Waals surface area contributed by atoms with Crippen molar-refractivity contribution in [2.24, 2.45) is 5.73 Å². The number of fused-ring (bicyclic) bond motifs is 1. The minimum atomic E-state index is -0.0492. The molecule has 3 rings (SSSR count). The fraction of sp³-hybridized carbons (Fsp3) is 0.600. The fourth-order valence-electron chi connectivity index (χ4n) is 3.12. The van der Waals surface area contributed by atoms with E-state index in [0.717, 1.165) is 55.9 Å². The van der Waals surface area contributed by atoms with E-state index < -0.39 is 0 Å². The normalized spacial score (nSPS) is 18.5. The zero-order valence-electron chi connectivity index (χ0n) is 12.0. The molecule has 5 nitrogen and oxygen atoms in total. The lowest BCUT2D eigenvalue weighted by Crippen LogP contribution is -2.42. The first-order valence-corrected chi connectivity index (χ1v) is 7.39. The Labute approximate surface area is 119 Å². The summed E-state index contributed by atoms with van der Waals surface area (Å²) in [6, 6.07) is 2.05. The van der Waals surface area contributed by atoms with E-state index in [4.69, 9.17) is 15.5 Å². The van der Waals surface area contributed by atoms with Crippen molar-refractivity contribution >= 4 is 11.0 Å². The summed E-state index contributed by atoms with van der Waals surface area (Å²) in [5.41, 5.74) is 8.21. The molecule has 2 aromatic heterocycles. The van der Waals surface area contributed by atoms with E-state index in [1.807, 2.05) is 18.5 Å². The van der Waals surface area contributed by atoms with Gasteiger partial charge in [0.05, 0.1) is 11.7 Å². The summed E-state index contributed by atoms with van der Waals surface area (Å²) in [7, 11) is 0. The number of hydrogen-bond acceptors (Lipinski definition) is 4. The summed E-state index contributed by atoms with van der Waals surface area (Å²) < 4.78 is 7.85. The Morgan fingerprint density at radius 2 is 2.20 bits per heavy atom. The summed E-state index contributed by atoms with van der Waals surface area (Å²) in [5.74, 6) is 1.12. The third kappa shape index (κ3) is 2.11. The standard InChI is InChI=1S/C15H22N4O/c1-2-7-19-13-3-6-17-10-12(13)18-14(19)15(11-16)4-8-20-9-5-15/h3,6,10H,2,4-5,7-9,11,16H2,1H3. The highest BCUT2D eigenvalue weighted by molar-refractivity contribution is 5.75. The van der Waals surface area contributed by atoms with Crippen molar-refractivity contribution in [1.29, 1.82) is 0 Å². The van der Waals surface area contributed by atoms with Crippen molar-refractivity contribution in [1.82, 2.24) is 14.5 Å². The highest BCUT2D eigenvalue weighted by Crippen LogP contribution is 2.35. The number of pyridine rings is 1. The van der Waals surface area contributed by atoms with Crippen LogP contribution in [-0.2, 0) is 16.7 Å². The highest BCUT2D eigenvalue weighted by atomic mass is 16.5. The maximum absolute atomic E-state index is 6.13. The van der Waals surface area contributed by atoms with Crippen LogP contribution in [0.1, 0.15) is 32.0 Å². The molecule has 5 heteroatoms. The maximum Gasteiger partial charge on any atom is 0.117 e. The van der Waals surface area contributed by atoms with E-state index in [0.29, 0.717) is 6.54 Å². The predicted molar refractivity (Wildman–Crippen MR) is 78.6 cm³/mol. The third-order valence-corrected chi connectivity index (χ3v) is 4.31. The van der Waals surface area contributed by atoms with Gasteiger partial charge in [0.1, 0.15) is 11.3 Å². The topological polar surface area (TPSA) is 66.0 Å². The largest absolute Gasteiger partial charge is 0.381 e. The molecule has 0 amide bonds. The van der Waals surface area contributed by atoms with Gasteiger partial charge in [0, 0.05) is 37.9 Å². The molecule has 2 N–H and O–H groups in total. The second-order valence-corrected chi connectivity index (χ2v) is 5.55. The number of imidazole rings is 1. The second-order valence-electron chi connectivity index (χ2n) is 5.55. The zero-order valence-corrected chi connectivity index (χ0v) is 12.0. The van der Waals surface area contributed by atoms with Crippen LogP contribution in [0.15, 0.2) is 18.5 Å². The minimum Gasteiger partial charge on any atom is -0.381 e. The van der Waals surface area contributed by atoms with Crippen molar-refractivity contribution in [3.8, 4) is 0 Å². The smallest absolute Gasteiger partial charge is 0.117 e. The quantitative estimate of drug-likeness (QED) is 0.924. The molecule has 20 heavy (non-hydrogen) atoms. The molecule has 1 aliphatic heterocycles. The molecule has 1 aliphatic rings. The number of hydrogen-bond donors (Lipinski definition) is 1. The van der Waals surface area contributed by atoms with Crippen LogP contribution in [0.4, 0.5) is 0 Å². The molecule has 0 bridgehead atoms. The summed E-state index contributed by atoms with van der Waals surface area (Å²) in [6.07, 6.45) is 6.65. The lowest BCUT2D eigenvalue weighted by molar-refractivity contribution is 0.0488. The van der Waals surface area contributed by atoms with Crippen LogP contribution in [-0.4, -0.2) is 34.3 Å². The molecular formula is C15H22N4O. The molecule has 0 unspecified atom stereocenters. The number of rotatable bonds is 4. The minimum absolute atomic E-state index is 0.0492. The Morgan fingerprint density at radius 1 is 1.40 bits per heavy atom. The molecule has 108 valence electrons. The van der Waals surface area contributed by atoms with Gasteiger partial charge in [0.2, 0.25) is 0 Å². The van der Waals surface area contributed by atoms with E-state index >= 15 is 0 Å².